The molecule has 0 spiro atoms. The number of carboxylic acids is 1. The van der Waals surface area contributed by atoms with E-state index < -0.39 is 12.6 Å². The number of carboxylic acid groups (broad SMARTS) is 1. The maximum absolute atomic E-state index is 10.1. The number of hydrogen-bond donors (Lipinski definition) is 2. The minimum atomic E-state index is -1.09. The minimum Gasteiger partial charge on any atom is -0.479 e. The van der Waals surface area contributed by atoms with Crippen molar-refractivity contribution < 1.29 is 14.7 Å². The Labute approximate surface area is 86.1 Å². The zero-order chi connectivity index (χ0) is 11.3. The van der Waals surface area contributed by atoms with Gasteiger partial charge in [0.05, 0.1) is 11.6 Å². The van der Waals surface area contributed by atoms with Gasteiger partial charge >= 0.3 is 5.97 Å². The lowest BCUT2D eigenvalue weighted by atomic mass is 10.2. The van der Waals surface area contributed by atoms with Crippen molar-refractivity contribution in [1.29, 1.82) is 5.26 Å². The average molecular weight is 207 g/mol. The SMILES string of the molecule is Cc1cc(C#N)cc(NOCC(=O)O)n1. The number of carbonyl (C=O) groups is 1. The molecular formula is C9H9N3O3. The van der Waals surface area contributed by atoms with Crippen molar-refractivity contribution in [1.82, 2.24) is 4.98 Å². The first-order valence-corrected chi connectivity index (χ1v) is 4.10. The number of rotatable bonds is 4. The fourth-order valence-electron chi connectivity index (χ4n) is 0.957. The van der Waals surface area contributed by atoms with Crippen molar-refractivity contribution in [3.63, 3.8) is 0 Å². The molecule has 0 unspecified atom stereocenters. The first kappa shape index (κ1) is 10.9. The minimum absolute atomic E-state index is 0.313. The third kappa shape index (κ3) is 3.62. The van der Waals surface area contributed by atoms with E-state index in [0.29, 0.717) is 17.1 Å². The predicted molar refractivity (Wildman–Crippen MR) is 50.9 cm³/mol. The third-order valence-electron chi connectivity index (χ3n) is 1.45. The Morgan fingerprint density at radius 1 is 1.73 bits per heavy atom. The standard InChI is InChI=1S/C9H9N3O3/c1-6-2-7(4-10)3-8(11-6)12-15-5-9(13)14/h2-3H,5H2,1H3,(H,11,12)(H,13,14). The van der Waals surface area contributed by atoms with Crippen LogP contribution < -0.4 is 5.48 Å². The van der Waals surface area contributed by atoms with Crippen LogP contribution in [0.1, 0.15) is 11.3 Å². The molecule has 0 radical (unpaired) electrons. The Morgan fingerprint density at radius 2 is 2.47 bits per heavy atom. The van der Waals surface area contributed by atoms with E-state index in [9.17, 15) is 4.79 Å². The van der Waals surface area contributed by atoms with Crippen LogP contribution in [0, 0.1) is 18.3 Å². The summed E-state index contributed by atoms with van der Waals surface area (Å²) in [4.78, 5) is 18.8. The van der Waals surface area contributed by atoms with Crippen molar-refractivity contribution >= 4 is 11.8 Å². The van der Waals surface area contributed by atoms with E-state index in [4.69, 9.17) is 10.4 Å². The van der Waals surface area contributed by atoms with Crippen LogP contribution in [-0.2, 0) is 9.63 Å². The van der Waals surface area contributed by atoms with Gasteiger partial charge in [0, 0.05) is 11.8 Å². The van der Waals surface area contributed by atoms with Gasteiger partial charge in [-0.3, -0.25) is 4.84 Å². The van der Waals surface area contributed by atoms with E-state index in [1.807, 2.05) is 6.07 Å². The second kappa shape index (κ2) is 4.93. The Hall–Kier alpha value is -2.13. The topological polar surface area (TPSA) is 95.2 Å². The van der Waals surface area contributed by atoms with Crippen LogP contribution in [0.4, 0.5) is 5.82 Å². The molecule has 0 aliphatic heterocycles. The van der Waals surface area contributed by atoms with Crippen molar-refractivity contribution in [3.8, 4) is 6.07 Å². The fraction of sp³-hybridized carbons (Fsp3) is 0.222. The molecule has 0 aliphatic carbocycles. The van der Waals surface area contributed by atoms with Crippen LogP contribution in [0.5, 0.6) is 0 Å². The molecular weight excluding hydrogens is 198 g/mol. The highest BCUT2D eigenvalue weighted by Crippen LogP contribution is 2.08. The zero-order valence-corrected chi connectivity index (χ0v) is 8.02. The fourth-order valence-corrected chi connectivity index (χ4v) is 0.957. The van der Waals surface area contributed by atoms with E-state index >= 15 is 0 Å². The smallest absolute Gasteiger partial charge is 0.332 e. The summed E-state index contributed by atoms with van der Waals surface area (Å²) in [5.74, 6) is -0.775. The van der Waals surface area contributed by atoms with Crippen LogP contribution >= 0.6 is 0 Å². The number of nitriles is 1. The van der Waals surface area contributed by atoms with Gasteiger partial charge < -0.3 is 5.11 Å². The van der Waals surface area contributed by atoms with Crippen LogP contribution in [0.2, 0.25) is 0 Å². The number of pyridine rings is 1. The van der Waals surface area contributed by atoms with Gasteiger partial charge in [-0.05, 0) is 13.0 Å². The van der Waals surface area contributed by atoms with Gasteiger partial charge in [-0.15, -0.1) is 0 Å². The number of nitrogens with one attached hydrogen (secondary N) is 1. The Morgan fingerprint density at radius 3 is 3.07 bits per heavy atom. The lowest BCUT2D eigenvalue weighted by molar-refractivity contribution is -0.141. The second-order valence-corrected chi connectivity index (χ2v) is 2.78. The molecule has 0 saturated carbocycles. The average Bonchev–Trinajstić information content (AvgIpc) is 2.16. The normalized spacial score (nSPS) is 9.33. The van der Waals surface area contributed by atoms with Crippen LogP contribution in [-0.4, -0.2) is 22.7 Å². The van der Waals surface area contributed by atoms with Gasteiger partial charge in [0.2, 0.25) is 0 Å². The van der Waals surface area contributed by atoms with Crippen molar-refractivity contribution in [3.05, 3.63) is 23.4 Å². The Balaban J connectivity index is 2.65. The maximum atomic E-state index is 10.1. The molecule has 1 aromatic heterocycles. The summed E-state index contributed by atoms with van der Waals surface area (Å²) in [5, 5.41) is 17.0. The molecule has 0 aromatic carbocycles. The summed E-state index contributed by atoms with van der Waals surface area (Å²) < 4.78 is 0. The second-order valence-electron chi connectivity index (χ2n) is 2.78. The van der Waals surface area contributed by atoms with Gasteiger partial charge in [0.1, 0.15) is 0 Å². The summed E-state index contributed by atoms with van der Waals surface area (Å²) in [7, 11) is 0. The molecule has 1 heterocycles. The summed E-state index contributed by atoms with van der Waals surface area (Å²) >= 11 is 0. The number of hydrogen-bond acceptors (Lipinski definition) is 5. The Bertz CT molecular complexity index is 412. The monoisotopic (exact) mass is 207 g/mol. The largest absolute Gasteiger partial charge is 0.479 e. The molecule has 6 heteroatoms. The summed E-state index contributed by atoms with van der Waals surface area (Å²) in [6.45, 7) is 1.25. The molecule has 0 fully saturated rings. The highest BCUT2D eigenvalue weighted by molar-refractivity contribution is 5.68. The molecule has 1 aromatic rings. The van der Waals surface area contributed by atoms with Crippen LogP contribution in [0.25, 0.3) is 0 Å². The molecule has 0 amide bonds. The van der Waals surface area contributed by atoms with E-state index in [-0.39, 0.29) is 0 Å². The van der Waals surface area contributed by atoms with E-state index in [2.05, 4.69) is 15.3 Å². The molecule has 0 atom stereocenters. The summed E-state index contributed by atoms with van der Waals surface area (Å²) in [5.41, 5.74) is 3.43. The predicted octanol–water partition coefficient (Wildman–Crippen LogP) is 0.690. The summed E-state index contributed by atoms with van der Waals surface area (Å²) in [6, 6.07) is 5.04. The highest BCUT2D eigenvalue weighted by atomic mass is 16.7. The van der Waals surface area contributed by atoms with Gasteiger partial charge in [0.15, 0.2) is 12.4 Å². The van der Waals surface area contributed by atoms with Crippen molar-refractivity contribution in [2.75, 3.05) is 12.1 Å². The van der Waals surface area contributed by atoms with Crippen molar-refractivity contribution in [2.24, 2.45) is 0 Å². The van der Waals surface area contributed by atoms with Crippen LogP contribution in [0.15, 0.2) is 12.1 Å². The van der Waals surface area contributed by atoms with Gasteiger partial charge in [-0.25, -0.2) is 15.3 Å². The molecule has 2 N–H and O–H groups in total. The van der Waals surface area contributed by atoms with E-state index in [1.165, 1.54) is 6.07 Å². The number of aryl methyl sites for hydroxylation is 1. The zero-order valence-electron chi connectivity index (χ0n) is 8.02. The quantitative estimate of drug-likeness (QED) is 0.705. The first-order valence-electron chi connectivity index (χ1n) is 4.10. The number of anilines is 1. The van der Waals surface area contributed by atoms with Gasteiger partial charge in [-0.1, -0.05) is 0 Å². The van der Waals surface area contributed by atoms with Crippen LogP contribution in [0.3, 0.4) is 0 Å². The number of nitrogens with zero attached hydrogens (tertiary/aromatic N) is 2. The molecule has 78 valence electrons. The van der Waals surface area contributed by atoms with E-state index in [0.717, 1.165) is 0 Å². The molecule has 1 rings (SSSR count). The lowest BCUT2D eigenvalue weighted by Crippen LogP contribution is -2.12. The molecule has 0 saturated heterocycles. The first-order chi connectivity index (χ1) is 7.11. The van der Waals surface area contributed by atoms with Gasteiger partial charge in [-0.2, -0.15) is 5.26 Å². The van der Waals surface area contributed by atoms with Gasteiger partial charge in [0.25, 0.3) is 0 Å². The summed E-state index contributed by atoms with van der Waals surface area (Å²) in [6.07, 6.45) is 0. The third-order valence-corrected chi connectivity index (χ3v) is 1.45. The maximum Gasteiger partial charge on any atom is 0.332 e. The molecule has 0 aliphatic rings. The molecule has 0 bridgehead atoms. The van der Waals surface area contributed by atoms with E-state index in [1.54, 1.807) is 13.0 Å². The molecule has 6 nitrogen and oxygen atoms in total. The Kier molecular flexibility index (Phi) is 3.60. The van der Waals surface area contributed by atoms with Crippen molar-refractivity contribution in [2.45, 2.75) is 6.92 Å². The molecule has 15 heavy (non-hydrogen) atoms. The number of aliphatic carboxylic acids is 1. The highest BCUT2D eigenvalue weighted by Gasteiger charge is 2.01. The lowest BCUT2D eigenvalue weighted by Gasteiger charge is -2.05. The number of aromatic nitrogens is 1.